The number of methoxy groups -OCH3 is 1. The lowest BCUT2D eigenvalue weighted by atomic mass is 10.0. The van der Waals surface area contributed by atoms with Crippen LogP contribution in [0, 0.1) is 13.8 Å². The number of aromatic nitrogens is 1. The molecule has 0 bridgehead atoms. The van der Waals surface area contributed by atoms with E-state index < -0.39 is 16.0 Å². The highest BCUT2D eigenvalue weighted by Gasteiger charge is 2.26. The van der Waals surface area contributed by atoms with E-state index in [1.807, 2.05) is 0 Å². The van der Waals surface area contributed by atoms with E-state index in [9.17, 15) is 13.2 Å². The smallest absolute Gasteiger partial charge is 0.338 e. The van der Waals surface area contributed by atoms with Gasteiger partial charge in [-0.1, -0.05) is 0 Å². The number of hydrogen-bond donors (Lipinski definition) is 0. The maximum absolute atomic E-state index is 13.4. The molecule has 0 N–H and O–H groups in total. The van der Waals surface area contributed by atoms with E-state index >= 15 is 0 Å². The Morgan fingerprint density at radius 2 is 1.77 bits per heavy atom. The number of benzene rings is 2. The topological polar surface area (TPSA) is 85.8 Å². The minimum absolute atomic E-state index is 0.0357. The summed E-state index contributed by atoms with van der Waals surface area (Å²) in [7, 11) is -2.64. The van der Waals surface area contributed by atoms with E-state index in [0.29, 0.717) is 28.3 Å². The molecule has 0 fully saturated rings. The molecule has 0 saturated carbocycles. The van der Waals surface area contributed by atoms with Crippen LogP contribution < -0.4 is 9.04 Å². The second-order valence-electron chi connectivity index (χ2n) is 6.86. The number of carbonyl (C=O) groups is 1. The Kier molecular flexibility index (Phi) is 6.60. The molecule has 0 atom stereocenters. The van der Waals surface area contributed by atoms with Gasteiger partial charge in [-0.15, -0.1) is 0 Å². The lowest BCUT2D eigenvalue weighted by Crippen LogP contribution is -2.31. The fourth-order valence-electron chi connectivity index (χ4n) is 3.14. The summed E-state index contributed by atoms with van der Waals surface area (Å²) < 4.78 is 38.6. The standard InChI is InChI=1S/C23H24N2O5S/c1-5-25(18-8-10-19(11-9-18)30-20-7-6-12-24-15-20)31(27,28)21-13-16(2)17(3)22(14-21)23(26)29-4/h6-15H,5H2,1-4H3. The average Bonchev–Trinajstić information content (AvgIpc) is 2.77. The van der Waals surface area contributed by atoms with Crippen LogP contribution in [0.5, 0.6) is 11.5 Å². The van der Waals surface area contributed by atoms with Crippen LogP contribution in [0.15, 0.2) is 65.8 Å². The van der Waals surface area contributed by atoms with E-state index in [1.165, 1.54) is 17.5 Å². The summed E-state index contributed by atoms with van der Waals surface area (Å²) in [5.74, 6) is 0.572. The summed E-state index contributed by atoms with van der Waals surface area (Å²) in [6.07, 6.45) is 3.24. The Morgan fingerprint density at radius 1 is 1.06 bits per heavy atom. The Hall–Kier alpha value is -3.39. The van der Waals surface area contributed by atoms with Crippen LogP contribution in [-0.2, 0) is 14.8 Å². The maximum Gasteiger partial charge on any atom is 0.338 e. The predicted octanol–water partition coefficient (Wildman–Crippen LogP) is 4.49. The lowest BCUT2D eigenvalue weighted by molar-refractivity contribution is 0.0599. The lowest BCUT2D eigenvalue weighted by Gasteiger charge is -2.24. The van der Waals surface area contributed by atoms with Crippen LogP contribution in [0.2, 0.25) is 0 Å². The molecule has 0 saturated heterocycles. The predicted molar refractivity (Wildman–Crippen MR) is 118 cm³/mol. The minimum atomic E-state index is -3.90. The van der Waals surface area contributed by atoms with Crippen LogP contribution in [0.4, 0.5) is 5.69 Å². The molecule has 0 unspecified atom stereocenters. The average molecular weight is 441 g/mol. The number of hydrogen-bond acceptors (Lipinski definition) is 6. The SMILES string of the molecule is CCN(c1ccc(Oc2cccnc2)cc1)S(=O)(=O)c1cc(C)c(C)c(C(=O)OC)c1. The van der Waals surface area contributed by atoms with Gasteiger partial charge in [0, 0.05) is 12.7 Å². The Balaban J connectivity index is 1.94. The van der Waals surface area contributed by atoms with Crippen LogP contribution >= 0.6 is 0 Å². The molecule has 0 aliphatic heterocycles. The highest BCUT2D eigenvalue weighted by atomic mass is 32.2. The van der Waals surface area contributed by atoms with Crippen molar-refractivity contribution in [1.29, 1.82) is 0 Å². The van der Waals surface area contributed by atoms with Crippen LogP contribution in [-0.4, -0.2) is 33.0 Å². The van der Waals surface area contributed by atoms with Gasteiger partial charge in [-0.2, -0.15) is 0 Å². The zero-order chi connectivity index (χ0) is 22.6. The highest BCUT2D eigenvalue weighted by Crippen LogP contribution is 2.29. The molecule has 1 aromatic heterocycles. The second-order valence-corrected chi connectivity index (χ2v) is 8.72. The van der Waals surface area contributed by atoms with E-state index in [4.69, 9.17) is 9.47 Å². The van der Waals surface area contributed by atoms with Gasteiger partial charge in [-0.3, -0.25) is 9.29 Å². The maximum atomic E-state index is 13.4. The molecule has 0 aliphatic rings. The van der Waals surface area contributed by atoms with Crippen LogP contribution in [0.3, 0.4) is 0 Å². The molecule has 162 valence electrons. The van der Waals surface area contributed by atoms with Crippen molar-refractivity contribution in [1.82, 2.24) is 4.98 Å². The van der Waals surface area contributed by atoms with Gasteiger partial charge < -0.3 is 9.47 Å². The summed E-state index contributed by atoms with van der Waals surface area (Å²) in [6, 6.07) is 13.2. The van der Waals surface area contributed by atoms with Crippen LogP contribution in [0.25, 0.3) is 0 Å². The number of rotatable bonds is 7. The van der Waals surface area contributed by atoms with Gasteiger partial charge in [-0.05, 0) is 80.4 Å². The van der Waals surface area contributed by atoms with E-state index in [-0.39, 0.29) is 17.0 Å². The summed E-state index contributed by atoms with van der Waals surface area (Å²) in [4.78, 5) is 16.1. The number of esters is 1. The third-order valence-electron chi connectivity index (χ3n) is 4.92. The van der Waals surface area contributed by atoms with Gasteiger partial charge >= 0.3 is 5.97 Å². The molecule has 7 nitrogen and oxygen atoms in total. The number of pyridine rings is 1. The third-order valence-corrected chi connectivity index (χ3v) is 6.80. The van der Waals surface area contributed by atoms with Gasteiger partial charge in [0.15, 0.2) is 0 Å². The number of carbonyl (C=O) groups excluding carboxylic acids is 1. The van der Waals surface area contributed by atoms with Crippen molar-refractivity contribution < 1.29 is 22.7 Å². The zero-order valence-electron chi connectivity index (χ0n) is 17.8. The monoisotopic (exact) mass is 440 g/mol. The van der Waals surface area contributed by atoms with Crippen molar-refractivity contribution in [2.45, 2.75) is 25.7 Å². The first kappa shape index (κ1) is 22.3. The molecular weight excluding hydrogens is 416 g/mol. The summed E-state index contributed by atoms with van der Waals surface area (Å²) in [6.45, 7) is 5.49. The second kappa shape index (κ2) is 9.18. The van der Waals surface area contributed by atoms with E-state index in [1.54, 1.807) is 75.6 Å². The van der Waals surface area contributed by atoms with Crippen molar-refractivity contribution in [3.05, 3.63) is 77.6 Å². The fourth-order valence-corrected chi connectivity index (χ4v) is 4.73. The normalized spacial score (nSPS) is 11.1. The summed E-state index contributed by atoms with van der Waals surface area (Å²) >= 11 is 0. The van der Waals surface area contributed by atoms with E-state index in [0.717, 1.165) is 0 Å². The minimum Gasteiger partial charge on any atom is -0.465 e. The summed E-state index contributed by atoms with van der Waals surface area (Å²) in [5, 5.41) is 0. The fraction of sp³-hybridized carbons (Fsp3) is 0.217. The Bertz CT molecular complexity index is 1180. The quantitative estimate of drug-likeness (QED) is 0.503. The summed E-state index contributed by atoms with van der Waals surface area (Å²) in [5.41, 5.74) is 2.10. The van der Waals surface area contributed by atoms with Crippen molar-refractivity contribution in [3.63, 3.8) is 0 Å². The first-order valence-electron chi connectivity index (χ1n) is 9.68. The molecule has 3 aromatic rings. The van der Waals surface area contributed by atoms with Crippen molar-refractivity contribution >= 4 is 21.7 Å². The molecule has 2 aromatic carbocycles. The molecule has 1 heterocycles. The number of aryl methyl sites for hydroxylation is 1. The largest absolute Gasteiger partial charge is 0.465 e. The number of sulfonamides is 1. The molecule has 0 radical (unpaired) electrons. The highest BCUT2D eigenvalue weighted by molar-refractivity contribution is 7.92. The number of anilines is 1. The van der Waals surface area contributed by atoms with Crippen molar-refractivity contribution in [2.24, 2.45) is 0 Å². The molecule has 0 aliphatic carbocycles. The van der Waals surface area contributed by atoms with Crippen molar-refractivity contribution in [2.75, 3.05) is 18.0 Å². The molecule has 8 heteroatoms. The molecule has 3 rings (SSSR count). The van der Waals surface area contributed by atoms with Gasteiger partial charge in [0.25, 0.3) is 10.0 Å². The van der Waals surface area contributed by atoms with Gasteiger partial charge in [0.05, 0.1) is 29.5 Å². The van der Waals surface area contributed by atoms with Gasteiger partial charge in [0.1, 0.15) is 11.5 Å². The molecule has 31 heavy (non-hydrogen) atoms. The Morgan fingerprint density at radius 3 is 2.35 bits per heavy atom. The van der Waals surface area contributed by atoms with Crippen molar-refractivity contribution in [3.8, 4) is 11.5 Å². The first-order valence-corrected chi connectivity index (χ1v) is 11.1. The van der Waals surface area contributed by atoms with Crippen LogP contribution in [0.1, 0.15) is 28.4 Å². The Labute approximate surface area is 182 Å². The molecule has 0 amide bonds. The number of ether oxygens (including phenoxy) is 2. The third kappa shape index (κ3) is 4.69. The first-order chi connectivity index (χ1) is 14.8. The molecular formula is C23H24N2O5S. The van der Waals surface area contributed by atoms with Gasteiger partial charge in [0.2, 0.25) is 0 Å². The van der Waals surface area contributed by atoms with Gasteiger partial charge in [-0.25, -0.2) is 13.2 Å². The number of nitrogens with zero attached hydrogens (tertiary/aromatic N) is 2. The zero-order valence-corrected chi connectivity index (χ0v) is 18.6. The van der Waals surface area contributed by atoms with E-state index in [2.05, 4.69) is 4.98 Å². The molecule has 0 spiro atoms.